The van der Waals surface area contributed by atoms with Crippen molar-refractivity contribution in [2.45, 2.75) is 77.2 Å². The van der Waals surface area contributed by atoms with Crippen LogP contribution in [-0.2, 0) is 22.4 Å². The summed E-state index contributed by atoms with van der Waals surface area (Å²) in [5, 5.41) is 18.2. The first kappa shape index (κ1) is 13.4. The van der Waals surface area contributed by atoms with Crippen molar-refractivity contribution in [3.8, 4) is 5.75 Å². The van der Waals surface area contributed by atoms with Gasteiger partial charge in [-0.25, -0.2) is 4.79 Å². The number of ether oxygens (including phenoxy) is 1. The van der Waals surface area contributed by atoms with Gasteiger partial charge >= 0.3 is 6.03 Å². The molecular formula is C37H48N4O5. The lowest BCUT2D eigenvalue weighted by Gasteiger charge is -2.37. The van der Waals surface area contributed by atoms with Crippen molar-refractivity contribution in [3.63, 3.8) is 0 Å². The monoisotopic (exact) mass is 656 g/mol. The molecule has 0 radical (unpaired) electrons. The maximum atomic E-state index is 14.9. The van der Waals surface area contributed by atoms with Crippen LogP contribution in [0, 0.1) is 19.6 Å². The number of para-hydroxylation sites is 1. The molecule has 1 aliphatic rings. The number of benzene rings is 3. The molecule has 0 spiro atoms. The van der Waals surface area contributed by atoms with Gasteiger partial charge in [-0.3, -0.25) is 9.59 Å². The minimum absolute atomic E-state index is 0.0850. The zero-order valence-corrected chi connectivity index (χ0v) is 24.1. The van der Waals surface area contributed by atoms with Gasteiger partial charge in [0.2, 0.25) is 5.91 Å². The van der Waals surface area contributed by atoms with E-state index in [4.69, 9.17) is 37.6 Å². The van der Waals surface area contributed by atoms with Crippen LogP contribution in [0.5, 0.6) is 5.75 Å². The number of carbonyl (C=O) groups is 3. The highest BCUT2D eigenvalue weighted by atomic mass is 16.5. The Hall–Kier alpha value is -4.37. The first-order chi connectivity index (χ1) is 32.9. The summed E-state index contributed by atoms with van der Waals surface area (Å²) in [5.74, 6) is -10.1. The average molecular weight is 656 g/mol. The lowest BCUT2D eigenvalue weighted by atomic mass is 9.92. The maximum Gasteiger partial charge on any atom is 0.318 e. The highest BCUT2D eigenvalue weighted by molar-refractivity contribution is 5.87. The van der Waals surface area contributed by atoms with E-state index < -0.39 is 178 Å². The minimum Gasteiger partial charge on any atom is -0.483 e. The van der Waals surface area contributed by atoms with Crippen LogP contribution in [0.2, 0.25) is 0 Å². The average Bonchev–Trinajstić information content (AvgIpc) is 3.24. The van der Waals surface area contributed by atoms with Crippen molar-refractivity contribution >= 4 is 17.8 Å². The van der Waals surface area contributed by atoms with E-state index in [2.05, 4.69) is 5.32 Å². The fourth-order valence-electron chi connectivity index (χ4n) is 4.37. The van der Waals surface area contributed by atoms with Crippen molar-refractivity contribution in [1.29, 1.82) is 0 Å². The molecule has 1 heterocycles. The molecule has 3 aromatic rings. The Kier molecular flexibility index (Phi) is 4.89. The van der Waals surface area contributed by atoms with Crippen LogP contribution < -0.4 is 20.7 Å². The lowest BCUT2D eigenvalue weighted by Crippen LogP contribution is -2.59. The van der Waals surface area contributed by atoms with E-state index in [-0.39, 0.29) is 29.5 Å². The highest BCUT2D eigenvalue weighted by Crippen LogP contribution is 2.22. The van der Waals surface area contributed by atoms with Gasteiger partial charge in [0.15, 0.2) is 6.56 Å². The molecule has 1 fully saturated rings. The molecule has 0 bridgehead atoms. The van der Waals surface area contributed by atoms with Crippen LogP contribution in [0.25, 0.3) is 0 Å². The zero-order chi connectivity index (χ0) is 56.3. The topological polar surface area (TPSA) is 120 Å². The third kappa shape index (κ3) is 9.81. The van der Waals surface area contributed by atoms with E-state index in [1.54, 1.807) is 0 Å². The first-order valence-corrected chi connectivity index (χ1v) is 13.8. The molecule has 0 aromatic heterocycles. The van der Waals surface area contributed by atoms with E-state index in [0.717, 1.165) is 0 Å². The number of hydrogen-bond acceptors (Lipinski definition) is 5. The Morgan fingerprint density at radius 2 is 1.85 bits per heavy atom. The summed E-state index contributed by atoms with van der Waals surface area (Å²) in [7, 11) is 0. The predicted octanol–water partition coefficient (Wildman–Crippen LogP) is 4.33. The molecular weight excluding hydrogens is 580 g/mol. The number of hydrogen-bond donors (Lipinski definition) is 4. The van der Waals surface area contributed by atoms with E-state index in [0.29, 0.717) is 0 Å². The van der Waals surface area contributed by atoms with Crippen molar-refractivity contribution in [2.75, 3.05) is 19.6 Å². The molecule has 1 aliphatic heterocycles. The van der Waals surface area contributed by atoms with Gasteiger partial charge in [0.25, 0.3) is 5.91 Å². The normalized spacial score (nSPS) is 26.9. The second-order valence-corrected chi connectivity index (χ2v) is 9.76. The second kappa shape index (κ2) is 16.8. The van der Waals surface area contributed by atoms with Gasteiger partial charge in [0, 0.05) is 39.7 Å². The number of amides is 4. The van der Waals surface area contributed by atoms with E-state index in [1.807, 2.05) is 10.6 Å². The molecule has 4 atom stereocenters. The zero-order valence-electron chi connectivity index (χ0n) is 51.1. The Bertz CT molecular complexity index is 2530. The molecule has 9 nitrogen and oxygen atoms in total. The van der Waals surface area contributed by atoms with Crippen LogP contribution >= 0.6 is 0 Å². The summed E-state index contributed by atoms with van der Waals surface area (Å²) in [6.45, 7) is -20.4. The third-order valence-electron chi connectivity index (χ3n) is 6.47. The Labute approximate surface area is 310 Å². The lowest BCUT2D eigenvalue weighted by molar-refractivity contribution is -0.128. The number of aliphatic hydroxyl groups is 1. The van der Waals surface area contributed by atoms with Crippen molar-refractivity contribution in [2.24, 2.45) is 5.89 Å². The van der Waals surface area contributed by atoms with E-state index in [9.17, 15) is 23.6 Å². The highest BCUT2D eigenvalue weighted by Gasteiger charge is 2.35. The Morgan fingerprint density at radius 1 is 1.07 bits per heavy atom. The van der Waals surface area contributed by atoms with Crippen molar-refractivity contribution < 1.29 is 61.2 Å². The molecule has 4 N–H and O–H groups in total. The van der Waals surface area contributed by atoms with Gasteiger partial charge in [-0.05, 0) is 67.5 Å². The molecule has 9 heteroatoms. The van der Waals surface area contributed by atoms with Crippen LogP contribution in [0.4, 0.5) is 4.79 Å². The standard InChI is InChI=1S/C37H48N4O5/c1-25(2)34(41-20-12-19-38-37(41)45)36(44)39-30(21-28-15-7-5-8-16-28)23-32(42)31(22-29-17-9-6-10-18-29)40-33(43)24-46-35-26(3)13-11-14-27(35)4/h5-11,13-18,25,30-32,34,42H,12,19-24H2,1-4H3,(H,38,45)(H,39,44)(H,40,43)/t30-,31-,32-,34-/m0/s1/i1D3,2D3,3D3,4D3,5D,7D,8D,11D,13D,14D,15D,16D,17D,21D2,24D2,25D,34D. The molecule has 0 unspecified atom stereocenters. The summed E-state index contributed by atoms with van der Waals surface area (Å²) in [6.07, 6.45) is -8.58. The maximum absolute atomic E-state index is 14.9. The van der Waals surface area contributed by atoms with Crippen LogP contribution in [0.3, 0.4) is 0 Å². The van der Waals surface area contributed by atoms with Gasteiger partial charge in [-0.1, -0.05) is 92.4 Å². The third-order valence-corrected chi connectivity index (χ3v) is 6.47. The Morgan fingerprint density at radius 3 is 2.54 bits per heavy atom. The molecule has 3 aromatic carbocycles. The summed E-state index contributed by atoms with van der Waals surface area (Å²) < 4.78 is 231. The SMILES string of the molecule is [2H]c1ccccc1C[C@H](NC(=O)C([2H])([2H])Oc1c(C([2H])([2H])[2H])c([2H])c([2H])c([2H])c1C([2H])([2H])[2H])[C@@H](O)C[C@@H](NC(=O)[C@@]([2H])(N1CCCNC1=O)C([2H])(C([2H])([2H])[2H])C([2H])([2H])[2H])C([2H])([2H])c1c([2H])c([2H])c([2H])c([2H])c1[2H]. The molecule has 4 rings (SSSR count). The Balaban J connectivity index is 2.00. The number of rotatable bonds is 15. The fourth-order valence-corrected chi connectivity index (χ4v) is 4.37. The largest absolute Gasteiger partial charge is 0.483 e. The van der Waals surface area contributed by atoms with Gasteiger partial charge < -0.3 is 30.7 Å². The minimum atomic E-state index is -4.32. The smallest absolute Gasteiger partial charge is 0.318 e. The van der Waals surface area contributed by atoms with Gasteiger partial charge in [0.1, 0.15) is 11.8 Å². The van der Waals surface area contributed by atoms with Gasteiger partial charge in [-0.15, -0.1) is 0 Å². The molecule has 46 heavy (non-hydrogen) atoms. The van der Waals surface area contributed by atoms with E-state index >= 15 is 0 Å². The number of urea groups is 1. The molecule has 4 amide bonds. The molecule has 0 aliphatic carbocycles. The first-order valence-electron chi connectivity index (χ1n) is 27.3. The van der Waals surface area contributed by atoms with Gasteiger partial charge in [-0.2, -0.15) is 0 Å². The second-order valence-electron chi connectivity index (χ2n) is 9.76. The van der Waals surface area contributed by atoms with Crippen LogP contribution in [0.1, 0.15) is 85.8 Å². The number of nitrogens with one attached hydrogen (secondary N) is 3. The number of nitrogens with zero attached hydrogens (tertiary/aromatic N) is 1. The number of carbonyl (C=O) groups excluding carboxylic acids is 3. The quantitative estimate of drug-likeness (QED) is 0.194. The molecule has 0 saturated carbocycles. The number of aliphatic hydroxyl groups excluding tert-OH is 1. The van der Waals surface area contributed by atoms with Crippen molar-refractivity contribution in [1.82, 2.24) is 20.9 Å². The fraction of sp³-hybridized carbons (Fsp3) is 0.432. The molecule has 246 valence electrons. The summed E-state index contributed by atoms with van der Waals surface area (Å²) >= 11 is 0. The summed E-state index contributed by atoms with van der Waals surface area (Å²) in [4.78, 5) is 42.4. The summed E-state index contributed by atoms with van der Waals surface area (Å²) in [6, 6.07) is -15.3. The van der Waals surface area contributed by atoms with Crippen LogP contribution in [-0.4, -0.2) is 71.7 Å². The van der Waals surface area contributed by atoms with Gasteiger partial charge in [0.05, 0.1) is 28.6 Å². The summed E-state index contributed by atoms with van der Waals surface area (Å²) in [5.41, 5.74) is -4.16. The van der Waals surface area contributed by atoms with Crippen molar-refractivity contribution in [3.05, 3.63) is 101 Å². The van der Waals surface area contributed by atoms with Crippen LogP contribution in [0.15, 0.2) is 78.6 Å². The van der Waals surface area contributed by atoms with E-state index in [1.165, 1.54) is 24.3 Å². The molecule has 1 saturated heterocycles. The predicted molar refractivity (Wildman–Crippen MR) is 180 cm³/mol.